The number of carbonyl (C=O) groups is 6. The number of fused-ring (bicyclic) bond motifs is 2. The molecule has 6 atom stereocenters. The number of carboxylic acids is 1. The molecule has 0 unspecified atom stereocenters. The molecule has 4 saturated heterocycles. The van der Waals surface area contributed by atoms with Crippen LogP contribution in [0.4, 0.5) is 31.1 Å². The van der Waals surface area contributed by atoms with Crippen molar-refractivity contribution in [2.24, 2.45) is 23.5 Å². The number of alkyl carbamates (subject to hydrolysis) is 1. The van der Waals surface area contributed by atoms with E-state index in [-0.39, 0.29) is 84.9 Å². The number of ether oxygens (including phenoxy) is 2. The van der Waals surface area contributed by atoms with Crippen molar-refractivity contribution in [2.45, 2.75) is 103 Å². The summed E-state index contributed by atoms with van der Waals surface area (Å²) < 4.78 is 90.3. The van der Waals surface area contributed by atoms with E-state index in [1.165, 1.54) is 0 Å². The maximum absolute atomic E-state index is 14.2. The molecule has 0 saturated carbocycles. The minimum absolute atomic E-state index is 0.0117. The number of halogens is 6. The number of hydrogen-bond donors (Lipinski definition) is 4. The second-order valence-electron chi connectivity index (χ2n) is 18.0. The van der Waals surface area contributed by atoms with E-state index >= 15 is 0 Å². The SMILES string of the molecule is CC(C)(C)OC(=O)N[C@@H](CC(=O)N1CC[C@H]2CNC[C@H]21)Cc1cc(F)c(F)cc1F.CC(C)C(=O)N1C[C@@H]2CCN(C(=O)C[C@H](N)Cc3cc(F)c(F)cc3F)[C@@H]2C1.O=CO/C=C/C(=O)O. The maximum Gasteiger partial charge on any atom is 0.407 e. The standard InChI is InChI=1S/C21H28F3N3O3.C20H26F3N3O2.C4H4O4/c1-21(2,3)30-20(29)26-14(6-13-7-16(23)17(24)9-15(13)22)8-19(28)27-5-4-12-10-25-11-18(12)27;1-11(2)20(28)25-9-12-3-4-26(18(12)10-25)19(27)7-14(24)5-13-6-16(22)17(23)8-15(13)21;5-3-8-2-1-4(6)7/h7,9,12,14,18,25H,4-6,8,10-11H2,1-3H3,(H,26,29);6,8,11-12,14,18H,3-5,7,9-10,24H2,1-2H3;1-3H,(H,6,7)/b;;2-1+/t2*12-,14+,18+;/m00./s1. The highest BCUT2D eigenvalue weighted by Gasteiger charge is 2.45. The molecule has 0 bridgehead atoms. The largest absolute Gasteiger partial charge is 0.478 e. The molecular formula is C45H58F6N6O9. The zero-order valence-corrected chi connectivity index (χ0v) is 37.5. The van der Waals surface area contributed by atoms with Gasteiger partial charge < -0.3 is 45.6 Å². The second kappa shape index (κ2) is 23.7. The van der Waals surface area contributed by atoms with Crippen LogP contribution in [0.5, 0.6) is 0 Å². The smallest absolute Gasteiger partial charge is 0.407 e. The van der Waals surface area contributed by atoms with Crippen LogP contribution in [0.15, 0.2) is 36.6 Å². The van der Waals surface area contributed by atoms with Crippen molar-refractivity contribution < 1.29 is 69.7 Å². The number of benzene rings is 2. The van der Waals surface area contributed by atoms with E-state index in [0.29, 0.717) is 50.3 Å². The van der Waals surface area contributed by atoms with Crippen molar-refractivity contribution in [3.63, 3.8) is 0 Å². The lowest BCUT2D eigenvalue weighted by molar-refractivity contribution is -0.136. The quantitative estimate of drug-likeness (QED) is 0.0721. The molecule has 4 fully saturated rings. The molecular weight excluding hydrogens is 883 g/mol. The van der Waals surface area contributed by atoms with Gasteiger partial charge in [-0.05, 0) is 75.6 Å². The van der Waals surface area contributed by atoms with Crippen molar-refractivity contribution in [1.29, 1.82) is 0 Å². The number of hydrogen-bond acceptors (Lipinski definition) is 10. The van der Waals surface area contributed by atoms with Crippen LogP contribution in [0.3, 0.4) is 0 Å². The summed E-state index contributed by atoms with van der Waals surface area (Å²) in [5.74, 6) is -7.46. The molecule has 0 radical (unpaired) electrons. The van der Waals surface area contributed by atoms with Gasteiger partial charge in [-0.15, -0.1) is 0 Å². The van der Waals surface area contributed by atoms with Crippen molar-refractivity contribution in [3.8, 4) is 0 Å². The molecule has 0 aliphatic carbocycles. The summed E-state index contributed by atoms with van der Waals surface area (Å²) >= 11 is 0. The number of aliphatic carboxylic acids is 1. The topological polar surface area (TPSA) is 201 Å². The highest BCUT2D eigenvalue weighted by Crippen LogP contribution is 2.33. The minimum Gasteiger partial charge on any atom is -0.478 e. The first-order chi connectivity index (χ1) is 31.0. The number of likely N-dealkylation sites (tertiary alicyclic amines) is 3. The van der Waals surface area contributed by atoms with Crippen LogP contribution in [-0.2, 0) is 46.3 Å². The number of nitrogens with one attached hydrogen (secondary N) is 2. The molecule has 0 aromatic heterocycles. The molecule has 5 N–H and O–H groups in total. The van der Waals surface area contributed by atoms with Crippen LogP contribution in [0.2, 0.25) is 0 Å². The fraction of sp³-hybridized carbons (Fsp3) is 0.556. The minimum atomic E-state index is -1.29. The van der Waals surface area contributed by atoms with Crippen LogP contribution < -0.4 is 16.4 Å². The predicted molar refractivity (Wildman–Crippen MR) is 226 cm³/mol. The van der Waals surface area contributed by atoms with Crippen molar-refractivity contribution in [1.82, 2.24) is 25.3 Å². The fourth-order valence-corrected chi connectivity index (χ4v) is 8.48. The van der Waals surface area contributed by atoms with Gasteiger partial charge in [0.15, 0.2) is 23.3 Å². The van der Waals surface area contributed by atoms with Gasteiger partial charge in [0.1, 0.15) is 23.5 Å². The molecule has 4 amide bonds. The Morgan fingerprint density at radius 3 is 1.91 bits per heavy atom. The average molecular weight is 941 g/mol. The Balaban J connectivity index is 0.000000248. The van der Waals surface area contributed by atoms with Crippen LogP contribution in [0, 0.1) is 52.7 Å². The number of carboxylic acid groups (broad SMARTS) is 1. The van der Waals surface area contributed by atoms with Crippen LogP contribution in [0.25, 0.3) is 0 Å². The fourth-order valence-electron chi connectivity index (χ4n) is 8.48. The van der Waals surface area contributed by atoms with Crippen LogP contribution >= 0.6 is 0 Å². The first-order valence-electron chi connectivity index (χ1n) is 21.6. The summed E-state index contributed by atoms with van der Waals surface area (Å²) in [4.78, 5) is 74.4. The van der Waals surface area contributed by atoms with Gasteiger partial charge in [0.2, 0.25) is 17.7 Å². The summed E-state index contributed by atoms with van der Waals surface area (Å²) in [6, 6.07) is 1.05. The normalized spacial score (nSPS) is 20.7. The Hall–Kier alpha value is -5.70. The molecule has 4 aliphatic rings. The van der Waals surface area contributed by atoms with Gasteiger partial charge in [0.05, 0.1) is 12.1 Å². The second-order valence-corrected chi connectivity index (χ2v) is 18.0. The highest BCUT2D eigenvalue weighted by atomic mass is 19.2. The van der Waals surface area contributed by atoms with E-state index in [1.807, 2.05) is 18.7 Å². The molecule has 2 aromatic rings. The Morgan fingerprint density at radius 1 is 0.803 bits per heavy atom. The van der Waals surface area contributed by atoms with Gasteiger partial charge in [-0.3, -0.25) is 19.2 Å². The summed E-state index contributed by atoms with van der Waals surface area (Å²) in [6.45, 7) is 13.0. The van der Waals surface area contributed by atoms with Gasteiger partial charge in [0.25, 0.3) is 6.47 Å². The third-order valence-corrected chi connectivity index (χ3v) is 11.5. The Kier molecular flexibility index (Phi) is 19.0. The van der Waals surface area contributed by atoms with Crippen LogP contribution in [-0.4, -0.2) is 125 Å². The third kappa shape index (κ3) is 15.2. The summed E-state index contributed by atoms with van der Waals surface area (Å²) in [6.07, 6.45) is 2.15. The zero-order chi connectivity index (χ0) is 49.0. The number of amides is 4. The lowest BCUT2D eigenvalue weighted by Gasteiger charge is -2.27. The van der Waals surface area contributed by atoms with E-state index in [0.717, 1.165) is 44.3 Å². The molecule has 15 nitrogen and oxygen atoms in total. The first-order valence-corrected chi connectivity index (χ1v) is 21.6. The Bertz CT molecular complexity index is 2110. The summed E-state index contributed by atoms with van der Waals surface area (Å²) in [5, 5.41) is 13.7. The van der Waals surface area contributed by atoms with Crippen molar-refractivity contribution in [3.05, 3.63) is 82.6 Å². The Morgan fingerprint density at radius 2 is 1.35 bits per heavy atom. The first kappa shape index (κ1) is 52.9. The average Bonchev–Trinajstić information content (AvgIpc) is 4.01. The van der Waals surface area contributed by atoms with E-state index in [2.05, 4.69) is 15.4 Å². The Labute approximate surface area is 379 Å². The molecule has 66 heavy (non-hydrogen) atoms. The van der Waals surface area contributed by atoms with E-state index < -0.39 is 64.7 Å². The molecule has 6 rings (SSSR count). The van der Waals surface area contributed by atoms with E-state index in [4.69, 9.17) is 15.6 Å². The zero-order valence-electron chi connectivity index (χ0n) is 37.5. The maximum atomic E-state index is 14.2. The monoisotopic (exact) mass is 940 g/mol. The molecule has 4 heterocycles. The number of rotatable bonds is 13. The molecule has 0 spiro atoms. The molecule has 2 aromatic carbocycles. The van der Waals surface area contributed by atoms with Gasteiger partial charge in [-0.2, -0.15) is 0 Å². The predicted octanol–water partition coefficient (Wildman–Crippen LogP) is 4.59. The van der Waals surface area contributed by atoms with E-state index in [9.17, 15) is 55.1 Å². The van der Waals surface area contributed by atoms with Gasteiger partial charge in [0, 0.05) is 94.2 Å². The van der Waals surface area contributed by atoms with Gasteiger partial charge in [-0.25, -0.2) is 35.9 Å². The van der Waals surface area contributed by atoms with Gasteiger partial charge in [-0.1, -0.05) is 13.8 Å². The molecule has 4 aliphatic heterocycles. The van der Waals surface area contributed by atoms with Crippen molar-refractivity contribution >= 4 is 36.3 Å². The summed E-state index contributed by atoms with van der Waals surface area (Å²) in [5.41, 5.74) is 5.06. The lowest BCUT2D eigenvalue weighted by atomic mass is 10.0. The van der Waals surface area contributed by atoms with Gasteiger partial charge >= 0.3 is 12.1 Å². The lowest BCUT2D eigenvalue weighted by Crippen LogP contribution is -2.46. The van der Waals surface area contributed by atoms with Crippen LogP contribution in [0.1, 0.15) is 71.4 Å². The number of nitrogens with zero attached hydrogens (tertiary/aromatic N) is 3. The summed E-state index contributed by atoms with van der Waals surface area (Å²) in [7, 11) is 0. The van der Waals surface area contributed by atoms with Crippen molar-refractivity contribution in [2.75, 3.05) is 39.3 Å². The molecule has 364 valence electrons. The van der Waals surface area contributed by atoms with E-state index in [1.54, 1.807) is 30.6 Å². The molecule has 21 heteroatoms. The number of nitrogens with two attached hydrogens (primary N) is 1. The number of carbonyl (C=O) groups excluding carboxylic acids is 5. The third-order valence-electron chi connectivity index (χ3n) is 11.5. The highest BCUT2D eigenvalue weighted by molar-refractivity contribution is 5.81.